The Morgan fingerprint density at radius 1 is 1.24 bits per heavy atom. The number of hydrogen-bond donors (Lipinski definition) is 1. The van der Waals surface area contributed by atoms with Crippen molar-refractivity contribution < 1.29 is 4.42 Å². The third-order valence-electron chi connectivity index (χ3n) is 4.64. The molecule has 0 saturated carbocycles. The summed E-state index contributed by atoms with van der Waals surface area (Å²) < 4.78 is 5.92. The van der Waals surface area contributed by atoms with Gasteiger partial charge >= 0.3 is 0 Å². The van der Waals surface area contributed by atoms with Gasteiger partial charge in [0.2, 0.25) is 0 Å². The Balaban J connectivity index is 1.28. The molecule has 0 aliphatic carbocycles. The average Bonchev–Trinajstić information content (AvgIpc) is 3.21. The van der Waals surface area contributed by atoms with Crippen molar-refractivity contribution in [1.82, 2.24) is 20.5 Å². The zero-order chi connectivity index (χ0) is 17.2. The zero-order valence-corrected chi connectivity index (χ0v) is 15.5. The molecule has 7 heteroatoms. The molecule has 0 radical (unpaired) electrons. The molecule has 0 unspecified atom stereocenters. The van der Waals surface area contributed by atoms with E-state index >= 15 is 0 Å². The average molecular weight is 357 g/mol. The van der Waals surface area contributed by atoms with E-state index in [0.717, 1.165) is 66.0 Å². The lowest BCUT2D eigenvalue weighted by Gasteiger charge is -2.31. The SMILES string of the molecule is Cc1ccc2oc(N3CCC(NCCc4nnc(C)s4)CC3)nc2c1. The highest BCUT2D eigenvalue weighted by molar-refractivity contribution is 7.11. The van der Waals surface area contributed by atoms with E-state index in [1.807, 2.05) is 13.0 Å². The molecule has 1 aliphatic heterocycles. The van der Waals surface area contributed by atoms with E-state index in [-0.39, 0.29) is 0 Å². The van der Waals surface area contributed by atoms with Crippen LogP contribution in [0.4, 0.5) is 6.01 Å². The van der Waals surface area contributed by atoms with Gasteiger partial charge in [-0.25, -0.2) is 0 Å². The van der Waals surface area contributed by atoms with Crippen molar-refractivity contribution in [3.8, 4) is 0 Å². The fourth-order valence-corrected chi connectivity index (χ4v) is 3.97. The van der Waals surface area contributed by atoms with Crippen molar-refractivity contribution in [2.75, 3.05) is 24.5 Å². The van der Waals surface area contributed by atoms with Crippen LogP contribution in [0.3, 0.4) is 0 Å². The monoisotopic (exact) mass is 357 g/mol. The molecular weight excluding hydrogens is 334 g/mol. The number of oxazole rings is 1. The number of piperidine rings is 1. The van der Waals surface area contributed by atoms with Crippen molar-refractivity contribution in [3.05, 3.63) is 33.8 Å². The van der Waals surface area contributed by atoms with Gasteiger partial charge in [-0.05, 0) is 44.4 Å². The first-order valence-corrected chi connectivity index (χ1v) is 9.63. The normalized spacial score (nSPS) is 16.0. The van der Waals surface area contributed by atoms with Gasteiger partial charge < -0.3 is 14.6 Å². The molecule has 6 nitrogen and oxygen atoms in total. The van der Waals surface area contributed by atoms with Gasteiger partial charge in [0.1, 0.15) is 15.5 Å². The van der Waals surface area contributed by atoms with E-state index < -0.39 is 0 Å². The second-order valence-corrected chi connectivity index (χ2v) is 7.91. The number of aryl methyl sites for hydroxylation is 2. The van der Waals surface area contributed by atoms with Crippen LogP contribution in [-0.2, 0) is 6.42 Å². The lowest BCUT2D eigenvalue weighted by atomic mass is 10.1. The number of aromatic nitrogens is 3. The molecule has 1 aromatic carbocycles. The molecule has 3 heterocycles. The van der Waals surface area contributed by atoms with E-state index in [1.165, 1.54) is 5.56 Å². The Hall–Kier alpha value is -1.99. The fourth-order valence-electron chi connectivity index (χ4n) is 3.26. The highest BCUT2D eigenvalue weighted by Crippen LogP contribution is 2.25. The molecule has 132 valence electrons. The van der Waals surface area contributed by atoms with Crippen molar-refractivity contribution in [2.24, 2.45) is 0 Å². The van der Waals surface area contributed by atoms with Crippen molar-refractivity contribution in [3.63, 3.8) is 0 Å². The summed E-state index contributed by atoms with van der Waals surface area (Å²) in [4.78, 5) is 6.90. The Labute approximate surface area is 151 Å². The Bertz CT molecular complexity index is 850. The first-order valence-electron chi connectivity index (χ1n) is 8.82. The van der Waals surface area contributed by atoms with Gasteiger partial charge in [0, 0.05) is 32.1 Å². The van der Waals surface area contributed by atoms with Gasteiger partial charge in [0.15, 0.2) is 5.58 Å². The maximum absolute atomic E-state index is 5.92. The summed E-state index contributed by atoms with van der Waals surface area (Å²) in [5.74, 6) is 0. The van der Waals surface area contributed by atoms with Gasteiger partial charge in [-0.1, -0.05) is 6.07 Å². The van der Waals surface area contributed by atoms with E-state index in [9.17, 15) is 0 Å². The molecule has 2 aromatic heterocycles. The molecule has 0 atom stereocenters. The first-order chi connectivity index (χ1) is 12.2. The predicted molar refractivity (Wildman–Crippen MR) is 100 cm³/mol. The maximum atomic E-state index is 5.92. The molecule has 25 heavy (non-hydrogen) atoms. The number of hydrogen-bond acceptors (Lipinski definition) is 7. The summed E-state index contributed by atoms with van der Waals surface area (Å²) in [6.45, 7) is 6.98. The van der Waals surface area contributed by atoms with Crippen LogP contribution >= 0.6 is 11.3 Å². The van der Waals surface area contributed by atoms with Crippen LogP contribution in [0.2, 0.25) is 0 Å². The molecule has 0 spiro atoms. The smallest absolute Gasteiger partial charge is 0.298 e. The molecule has 1 N–H and O–H groups in total. The Morgan fingerprint density at radius 3 is 2.84 bits per heavy atom. The third-order valence-corrected chi connectivity index (χ3v) is 5.54. The number of fused-ring (bicyclic) bond motifs is 1. The van der Waals surface area contributed by atoms with Crippen LogP contribution in [0.25, 0.3) is 11.1 Å². The minimum atomic E-state index is 0.553. The van der Waals surface area contributed by atoms with Crippen molar-refractivity contribution >= 4 is 28.5 Å². The highest BCUT2D eigenvalue weighted by Gasteiger charge is 2.22. The second kappa shape index (κ2) is 7.09. The molecule has 4 rings (SSSR count). The molecule has 3 aromatic rings. The molecular formula is C18H23N5OS. The molecule has 1 aliphatic rings. The lowest BCUT2D eigenvalue weighted by Crippen LogP contribution is -2.43. The number of nitrogens with one attached hydrogen (secondary N) is 1. The van der Waals surface area contributed by atoms with Gasteiger partial charge in [0.05, 0.1) is 0 Å². The topological polar surface area (TPSA) is 67.1 Å². The van der Waals surface area contributed by atoms with Crippen molar-refractivity contribution in [1.29, 1.82) is 0 Å². The first kappa shape index (κ1) is 16.5. The summed E-state index contributed by atoms with van der Waals surface area (Å²) in [6, 6.07) is 7.45. The number of benzene rings is 1. The fraction of sp³-hybridized carbons (Fsp3) is 0.500. The second-order valence-electron chi connectivity index (χ2n) is 6.65. The highest BCUT2D eigenvalue weighted by atomic mass is 32.1. The number of rotatable bonds is 5. The Kier molecular flexibility index (Phi) is 4.67. The van der Waals surface area contributed by atoms with Crippen molar-refractivity contribution in [2.45, 2.75) is 39.2 Å². The van der Waals surface area contributed by atoms with E-state index in [1.54, 1.807) is 11.3 Å². The van der Waals surface area contributed by atoms with Crippen LogP contribution in [0, 0.1) is 13.8 Å². The van der Waals surface area contributed by atoms with Gasteiger partial charge in [0.25, 0.3) is 6.01 Å². The quantitative estimate of drug-likeness (QED) is 0.757. The lowest BCUT2D eigenvalue weighted by molar-refractivity contribution is 0.403. The molecule has 1 saturated heterocycles. The van der Waals surface area contributed by atoms with E-state index in [0.29, 0.717) is 6.04 Å². The van der Waals surface area contributed by atoms with Gasteiger partial charge in [-0.15, -0.1) is 21.5 Å². The minimum absolute atomic E-state index is 0.553. The van der Waals surface area contributed by atoms with Crippen LogP contribution in [0.5, 0.6) is 0 Å². The van der Waals surface area contributed by atoms with E-state index in [4.69, 9.17) is 4.42 Å². The standard InChI is InChI=1S/C18H23N5OS/c1-12-3-4-16-15(11-12)20-18(24-16)23-9-6-14(7-10-23)19-8-5-17-22-21-13(2)25-17/h3-4,11,14,19H,5-10H2,1-2H3. The molecule has 0 amide bonds. The van der Waals surface area contributed by atoms with Gasteiger partial charge in [-0.2, -0.15) is 4.98 Å². The zero-order valence-electron chi connectivity index (χ0n) is 14.7. The summed E-state index contributed by atoms with van der Waals surface area (Å²) >= 11 is 1.68. The number of anilines is 1. The maximum Gasteiger partial charge on any atom is 0.298 e. The van der Waals surface area contributed by atoms with Crippen LogP contribution in [-0.4, -0.2) is 40.9 Å². The van der Waals surface area contributed by atoms with Crippen LogP contribution in [0.15, 0.2) is 22.6 Å². The summed E-state index contributed by atoms with van der Waals surface area (Å²) in [5.41, 5.74) is 3.02. The Morgan fingerprint density at radius 2 is 2.08 bits per heavy atom. The molecule has 1 fully saturated rings. The summed E-state index contributed by atoms with van der Waals surface area (Å²) in [5, 5.41) is 14.0. The van der Waals surface area contributed by atoms with E-state index in [2.05, 4.69) is 44.5 Å². The summed E-state index contributed by atoms with van der Waals surface area (Å²) in [7, 11) is 0. The number of nitrogens with zero attached hydrogens (tertiary/aromatic N) is 4. The molecule has 0 bridgehead atoms. The largest absolute Gasteiger partial charge is 0.423 e. The van der Waals surface area contributed by atoms with Crippen LogP contribution in [0.1, 0.15) is 28.4 Å². The predicted octanol–water partition coefficient (Wildman–Crippen LogP) is 3.10. The van der Waals surface area contributed by atoms with Crippen LogP contribution < -0.4 is 10.2 Å². The third kappa shape index (κ3) is 3.82. The summed E-state index contributed by atoms with van der Waals surface area (Å²) in [6.07, 6.45) is 3.16. The minimum Gasteiger partial charge on any atom is -0.423 e. The van der Waals surface area contributed by atoms with Gasteiger partial charge in [-0.3, -0.25) is 0 Å².